The Labute approximate surface area is 126 Å². The normalized spacial score (nSPS) is 13.2. The SMILES string of the molecule is Cl.NCCCCCCC(=O)N1CCOc2ccccc21. The van der Waals surface area contributed by atoms with E-state index in [-0.39, 0.29) is 18.3 Å². The van der Waals surface area contributed by atoms with Gasteiger partial charge in [0.2, 0.25) is 5.91 Å². The molecule has 0 spiro atoms. The number of nitrogens with zero attached hydrogens (tertiary/aromatic N) is 1. The van der Waals surface area contributed by atoms with E-state index in [1.54, 1.807) is 0 Å². The number of carbonyl (C=O) groups is 1. The standard InChI is InChI=1S/C15H22N2O2.ClH/c16-10-6-2-1-3-9-15(18)17-11-12-19-14-8-5-4-7-13(14)17;/h4-5,7-8H,1-3,6,9-12,16H2;1H. The van der Waals surface area contributed by atoms with E-state index in [0.29, 0.717) is 19.6 Å². The van der Waals surface area contributed by atoms with Crippen molar-refractivity contribution < 1.29 is 9.53 Å². The van der Waals surface area contributed by atoms with E-state index in [4.69, 9.17) is 10.5 Å². The lowest BCUT2D eigenvalue weighted by Gasteiger charge is -2.29. The predicted molar refractivity (Wildman–Crippen MR) is 83.7 cm³/mol. The molecule has 2 N–H and O–H groups in total. The van der Waals surface area contributed by atoms with Gasteiger partial charge in [-0.2, -0.15) is 0 Å². The smallest absolute Gasteiger partial charge is 0.227 e. The van der Waals surface area contributed by atoms with Gasteiger partial charge in [-0.1, -0.05) is 25.0 Å². The summed E-state index contributed by atoms with van der Waals surface area (Å²) < 4.78 is 5.55. The number of fused-ring (bicyclic) bond motifs is 1. The van der Waals surface area contributed by atoms with Crippen LogP contribution in [0.4, 0.5) is 5.69 Å². The van der Waals surface area contributed by atoms with Crippen LogP contribution >= 0.6 is 12.4 Å². The third kappa shape index (κ3) is 4.39. The summed E-state index contributed by atoms with van der Waals surface area (Å²) in [6.07, 6.45) is 4.80. The van der Waals surface area contributed by atoms with Crippen LogP contribution in [0.25, 0.3) is 0 Å². The number of anilines is 1. The van der Waals surface area contributed by atoms with Crippen LogP contribution in [0.15, 0.2) is 24.3 Å². The molecule has 0 aliphatic carbocycles. The van der Waals surface area contributed by atoms with Gasteiger partial charge >= 0.3 is 0 Å². The van der Waals surface area contributed by atoms with Crippen molar-refractivity contribution in [1.82, 2.24) is 0 Å². The quantitative estimate of drug-likeness (QED) is 0.822. The zero-order valence-corrected chi connectivity index (χ0v) is 12.5. The van der Waals surface area contributed by atoms with Crippen molar-refractivity contribution in [3.05, 3.63) is 24.3 Å². The van der Waals surface area contributed by atoms with Gasteiger partial charge in [-0.15, -0.1) is 12.4 Å². The van der Waals surface area contributed by atoms with Crippen LogP contribution in [0.2, 0.25) is 0 Å². The second kappa shape index (κ2) is 8.82. The predicted octanol–water partition coefficient (Wildman–Crippen LogP) is 2.74. The summed E-state index contributed by atoms with van der Waals surface area (Å²) in [6, 6.07) is 7.73. The molecule has 5 heteroatoms. The molecule has 20 heavy (non-hydrogen) atoms. The second-order valence-corrected chi connectivity index (χ2v) is 4.81. The highest BCUT2D eigenvalue weighted by Crippen LogP contribution is 2.31. The molecule has 0 saturated carbocycles. The van der Waals surface area contributed by atoms with Crippen molar-refractivity contribution >= 4 is 24.0 Å². The Balaban J connectivity index is 0.00000200. The minimum absolute atomic E-state index is 0. The molecule has 1 aliphatic rings. The number of nitrogens with two attached hydrogens (primary N) is 1. The van der Waals surface area contributed by atoms with Crippen LogP contribution in [0.5, 0.6) is 5.75 Å². The van der Waals surface area contributed by atoms with E-state index in [0.717, 1.165) is 43.7 Å². The van der Waals surface area contributed by atoms with Crippen molar-refractivity contribution in [3.8, 4) is 5.75 Å². The molecule has 0 radical (unpaired) electrons. The number of hydrogen-bond acceptors (Lipinski definition) is 3. The van der Waals surface area contributed by atoms with Crippen LogP contribution in [-0.4, -0.2) is 25.6 Å². The average molecular weight is 299 g/mol. The van der Waals surface area contributed by atoms with E-state index in [1.165, 1.54) is 0 Å². The maximum Gasteiger partial charge on any atom is 0.227 e. The number of carbonyl (C=O) groups excluding carboxylic acids is 1. The molecule has 0 saturated heterocycles. The minimum Gasteiger partial charge on any atom is -0.490 e. The summed E-state index contributed by atoms with van der Waals surface area (Å²) in [4.78, 5) is 14.1. The molecule has 1 aromatic carbocycles. The lowest BCUT2D eigenvalue weighted by molar-refractivity contribution is -0.119. The summed E-state index contributed by atoms with van der Waals surface area (Å²) in [6.45, 7) is 1.97. The van der Waals surface area contributed by atoms with Gasteiger partial charge in [-0.05, 0) is 31.5 Å². The van der Waals surface area contributed by atoms with Gasteiger partial charge in [0.05, 0.1) is 12.2 Å². The zero-order valence-electron chi connectivity index (χ0n) is 11.7. The highest BCUT2D eigenvalue weighted by molar-refractivity contribution is 5.95. The molecule has 1 aliphatic heterocycles. The number of ether oxygens (including phenoxy) is 1. The number of rotatable bonds is 6. The zero-order chi connectivity index (χ0) is 13.5. The van der Waals surface area contributed by atoms with E-state index in [2.05, 4.69) is 0 Å². The Bertz CT molecular complexity index is 426. The summed E-state index contributed by atoms with van der Waals surface area (Å²) in [5.74, 6) is 1.01. The minimum atomic E-state index is 0. The first-order chi connectivity index (χ1) is 9.33. The number of hydrogen-bond donors (Lipinski definition) is 1. The summed E-state index contributed by atoms with van der Waals surface area (Å²) in [5.41, 5.74) is 6.35. The highest BCUT2D eigenvalue weighted by Gasteiger charge is 2.22. The molecule has 0 bridgehead atoms. The van der Waals surface area contributed by atoms with Crippen LogP contribution in [-0.2, 0) is 4.79 Å². The van der Waals surface area contributed by atoms with Gasteiger partial charge in [0.25, 0.3) is 0 Å². The molecule has 0 atom stereocenters. The third-order valence-corrected chi connectivity index (χ3v) is 3.37. The van der Waals surface area contributed by atoms with Crippen molar-refractivity contribution in [3.63, 3.8) is 0 Å². The Morgan fingerprint density at radius 2 is 1.95 bits per heavy atom. The van der Waals surface area contributed by atoms with Crippen LogP contribution in [0.3, 0.4) is 0 Å². The molecule has 0 fully saturated rings. The lowest BCUT2D eigenvalue weighted by Crippen LogP contribution is -2.37. The van der Waals surface area contributed by atoms with E-state index in [1.807, 2.05) is 29.2 Å². The first-order valence-corrected chi connectivity index (χ1v) is 7.05. The van der Waals surface area contributed by atoms with Gasteiger partial charge in [0.1, 0.15) is 12.4 Å². The Morgan fingerprint density at radius 3 is 2.75 bits per heavy atom. The Kier molecular flexibility index (Phi) is 7.41. The molecule has 1 aromatic rings. The Hall–Kier alpha value is -1.26. The highest BCUT2D eigenvalue weighted by atomic mass is 35.5. The molecule has 0 aromatic heterocycles. The molecular weight excluding hydrogens is 276 g/mol. The first kappa shape index (κ1) is 16.8. The van der Waals surface area contributed by atoms with Gasteiger partial charge < -0.3 is 15.4 Å². The molecule has 2 rings (SSSR count). The van der Waals surface area contributed by atoms with E-state index in [9.17, 15) is 4.79 Å². The average Bonchev–Trinajstić information content (AvgIpc) is 2.46. The van der Waals surface area contributed by atoms with Gasteiger partial charge in [0.15, 0.2) is 0 Å². The lowest BCUT2D eigenvalue weighted by atomic mass is 10.1. The van der Waals surface area contributed by atoms with Crippen LogP contribution < -0.4 is 15.4 Å². The maximum absolute atomic E-state index is 12.2. The number of benzene rings is 1. The van der Waals surface area contributed by atoms with Crippen LogP contribution in [0.1, 0.15) is 32.1 Å². The topological polar surface area (TPSA) is 55.6 Å². The summed E-state index contributed by atoms with van der Waals surface area (Å²) >= 11 is 0. The molecular formula is C15H23ClN2O2. The van der Waals surface area contributed by atoms with Gasteiger partial charge in [0, 0.05) is 6.42 Å². The molecule has 112 valence electrons. The maximum atomic E-state index is 12.2. The van der Waals surface area contributed by atoms with Gasteiger partial charge in [-0.25, -0.2) is 0 Å². The Morgan fingerprint density at radius 1 is 1.20 bits per heavy atom. The molecule has 1 heterocycles. The molecule has 0 unspecified atom stereocenters. The summed E-state index contributed by atoms with van der Waals surface area (Å²) in [7, 11) is 0. The molecule has 1 amide bonds. The monoisotopic (exact) mass is 298 g/mol. The third-order valence-electron chi connectivity index (χ3n) is 3.37. The number of para-hydroxylation sites is 2. The number of amides is 1. The number of halogens is 1. The first-order valence-electron chi connectivity index (χ1n) is 7.05. The number of unbranched alkanes of at least 4 members (excludes halogenated alkanes) is 3. The van der Waals surface area contributed by atoms with Crippen molar-refractivity contribution in [1.29, 1.82) is 0 Å². The second-order valence-electron chi connectivity index (χ2n) is 4.81. The molecule has 4 nitrogen and oxygen atoms in total. The van der Waals surface area contributed by atoms with E-state index < -0.39 is 0 Å². The van der Waals surface area contributed by atoms with Gasteiger partial charge in [-0.3, -0.25) is 4.79 Å². The van der Waals surface area contributed by atoms with E-state index >= 15 is 0 Å². The fourth-order valence-electron chi connectivity index (χ4n) is 2.34. The van der Waals surface area contributed by atoms with Crippen molar-refractivity contribution in [2.45, 2.75) is 32.1 Å². The fraction of sp³-hybridized carbons (Fsp3) is 0.533. The van der Waals surface area contributed by atoms with Crippen molar-refractivity contribution in [2.24, 2.45) is 5.73 Å². The fourth-order valence-corrected chi connectivity index (χ4v) is 2.34. The summed E-state index contributed by atoms with van der Waals surface area (Å²) in [5, 5.41) is 0. The van der Waals surface area contributed by atoms with Crippen molar-refractivity contribution in [2.75, 3.05) is 24.6 Å². The largest absolute Gasteiger partial charge is 0.490 e. The van der Waals surface area contributed by atoms with Crippen LogP contribution in [0, 0.1) is 0 Å².